The van der Waals surface area contributed by atoms with Crippen LogP contribution in [0.5, 0.6) is 0 Å². The zero-order valence-corrected chi connectivity index (χ0v) is 13.4. The van der Waals surface area contributed by atoms with Crippen molar-refractivity contribution in [3.8, 4) is 0 Å². The van der Waals surface area contributed by atoms with Gasteiger partial charge in [-0.2, -0.15) is 5.10 Å². The number of aromatic amines is 2. The van der Waals surface area contributed by atoms with E-state index in [1.165, 1.54) is 30.8 Å². The molecule has 7 heteroatoms. The molecule has 2 fully saturated rings. The van der Waals surface area contributed by atoms with Gasteiger partial charge in [-0.15, -0.1) is 0 Å². The van der Waals surface area contributed by atoms with E-state index >= 15 is 0 Å². The Labute approximate surface area is 139 Å². The first-order chi connectivity index (χ1) is 11.7. The third-order valence-electron chi connectivity index (χ3n) is 4.80. The van der Waals surface area contributed by atoms with E-state index in [-0.39, 0.29) is 17.5 Å². The molecule has 0 spiro atoms. The zero-order chi connectivity index (χ0) is 16.5. The maximum atomic E-state index is 12.2. The number of rotatable bonds is 4. The highest BCUT2D eigenvalue weighted by atomic mass is 16.2. The van der Waals surface area contributed by atoms with Crippen LogP contribution < -0.4 is 15.8 Å². The topological polar surface area (TPSA) is 93.9 Å². The number of hydrogen-bond acceptors (Lipinski definition) is 4. The van der Waals surface area contributed by atoms with Gasteiger partial charge < -0.3 is 15.2 Å². The molecule has 0 atom stereocenters. The molecule has 7 nitrogen and oxygen atoms in total. The lowest BCUT2D eigenvalue weighted by Crippen LogP contribution is -2.44. The number of nitrogens with one attached hydrogen (secondary N) is 3. The molecule has 3 heterocycles. The van der Waals surface area contributed by atoms with Crippen LogP contribution in [0.2, 0.25) is 0 Å². The van der Waals surface area contributed by atoms with Crippen molar-refractivity contribution >= 4 is 11.7 Å². The minimum atomic E-state index is -0.204. The molecule has 1 amide bonds. The molecule has 24 heavy (non-hydrogen) atoms. The largest absolute Gasteiger partial charge is 0.355 e. The van der Waals surface area contributed by atoms with Gasteiger partial charge in [-0.3, -0.25) is 14.7 Å². The highest BCUT2D eigenvalue weighted by Gasteiger charge is 2.27. The first-order valence-electron chi connectivity index (χ1n) is 8.49. The number of piperidine rings is 1. The summed E-state index contributed by atoms with van der Waals surface area (Å²) in [7, 11) is 0. The summed E-state index contributed by atoms with van der Waals surface area (Å²) in [5.41, 5.74) is 1.53. The summed E-state index contributed by atoms with van der Waals surface area (Å²) < 4.78 is 0. The van der Waals surface area contributed by atoms with E-state index in [0.29, 0.717) is 11.5 Å². The van der Waals surface area contributed by atoms with Gasteiger partial charge in [0, 0.05) is 49.1 Å². The second kappa shape index (κ2) is 6.14. The number of carbonyl (C=O) groups excluding carboxylic acids is 1. The summed E-state index contributed by atoms with van der Waals surface area (Å²) in [5, 5.41) is 10.6. The first kappa shape index (κ1) is 15.0. The summed E-state index contributed by atoms with van der Waals surface area (Å²) in [6.45, 7) is 1.76. The molecule has 0 bridgehead atoms. The summed E-state index contributed by atoms with van der Waals surface area (Å²) >= 11 is 0. The van der Waals surface area contributed by atoms with E-state index in [4.69, 9.17) is 0 Å². The monoisotopic (exact) mass is 327 g/mol. The van der Waals surface area contributed by atoms with E-state index in [1.807, 2.05) is 0 Å². The smallest absolute Gasteiger partial charge is 0.252 e. The molecule has 0 unspecified atom stereocenters. The van der Waals surface area contributed by atoms with Gasteiger partial charge in [-0.05, 0) is 31.7 Å². The molecule has 2 aromatic heterocycles. The predicted molar refractivity (Wildman–Crippen MR) is 90.3 cm³/mol. The van der Waals surface area contributed by atoms with Crippen molar-refractivity contribution in [2.45, 2.75) is 37.6 Å². The molecule has 1 saturated heterocycles. The molecule has 3 N–H and O–H groups in total. The van der Waals surface area contributed by atoms with Gasteiger partial charge in [-0.25, -0.2) is 0 Å². The summed E-state index contributed by atoms with van der Waals surface area (Å²) in [6, 6.07) is 5.23. The Morgan fingerprint density at radius 1 is 1.21 bits per heavy atom. The number of nitrogens with zero attached hydrogens (tertiary/aromatic N) is 2. The number of amides is 1. The van der Waals surface area contributed by atoms with Crippen molar-refractivity contribution in [2.24, 2.45) is 0 Å². The molecule has 0 radical (unpaired) electrons. The van der Waals surface area contributed by atoms with E-state index in [9.17, 15) is 9.59 Å². The van der Waals surface area contributed by atoms with Gasteiger partial charge in [0.1, 0.15) is 0 Å². The Balaban J connectivity index is 1.31. The number of anilines is 1. The lowest BCUT2D eigenvalue weighted by Gasteiger charge is -2.32. The molecule has 1 aliphatic carbocycles. The molecule has 1 saturated carbocycles. The van der Waals surface area contributed by atoms with Crippen molar-refractivity contribution in [3.05, 3.63) is 46.0 Å². The minimum absolute atomic E-state index is 0.138. The number of pyridine rings is 1. The molecule has 1 aliphatic heterocycles. The van der Waals surface area contributed by atoms with Crippen LogP contribution in [0.15, 0.2) is 29.2 Å². The third kappa shape index (κ3) is 3.20. The molecule has 2 aromatic rings. The minimum Gasteiger partial charge on any atom is -0.355 e. The fraction of sp³-hybridized carbons (Fsp3) is 0.471. The number of carbonyl (C=O) groups is 1. The van der Waals surface area contributed by atoms with Gasteiger partial charge in [0.25, 0.3) is 5.91 Å². The lowest BCUT2D eigenvalue weighted by molar-refractivity contribution is 0.0930. The maximum absolute atomic E-state index is 12.2. The zero-order valence-electron chi connectivity index (χ0n) is 13.4. The van der Waals surface area contributed by atoms with Gasteiger partial charge in [0.2, 0.25) is 5.56 Å². The quantitative estimate of drug-likeness (QED) is 0.791. The van der Waals surface area contributed by atoms with Crippen molar-refractivity contribution < 1.29 is 4.79 Å². The standard InChI is InChI=1S/C17H21N5O2/c23-16-4-3-12(10-18-16)17(24)19-13-5-7-22(8-6-13)15-9-14(20-21-15)11-1-2-11/h3-4,9-11,13H,1-2,5-8H2,(H,18,23)(H,19,24)(H,20,21). The average molecular weight is 327 g/mol. The molecule has 0 aromatic carbocycles. The molecule has 126 valence electrons. The van der Waals surface area contributed by atoms with Gasteiger partial charge in [-0.1, -0.05) is 0 Å². The van der Waals surface area contributed by atoms with E-state index in [1.54, 1.807) is 6.07 Å². The molecular weight excluding hydrogens is 306 g/mol. The highest BCUT2D eigenvalue weighted by Crippen LogP contribution is 2.40. The van der Waals surface area contributed by atoms with Crippen molar-refractivity contribution in [1.82, 2.24) is 20.5 Å². The summed E-state index contributed by atoms with van der Waals surface area (Å²) in [6.07, 6.45) is 5.76. The number of aromatic nitrogens is 3. The van der Waals surface area contributed by atoms with Crippen molar-refractivity contribution in [1.29, 1.82) is 0 Å². The normalized spacial score (nSPS) is 18.6. The predicted octanol–water partition coefficient (Wildman–Crippen LogP) is 1.37. The van der Waals surface area contributed by atoms with Crippen molar-refractivity contribution in [2.75, 3.05) is 18.0 Å². The van der Waals surface area contributed by atoms with Crippen LogP contribution in [0.3, 0.4) is 0 Å². The van der Waals surface area contributed by atoms with E-state index < -0.39 is 0 Å². The first-order valence-corrected chi connectivity index (χ1v) is 8.49. The van der Waals surface area contributed by atoms with Crippen LogP contribution in [-0.4, -0.2) is 40.2 Å². The fourth-order valence-electron chi connectivity index (χ4n) is 3.16. The van der Waals surface area contributed by atoms with E-state index in [0.717, 1.165) is 31.7 Å². The van der Waals surface area contributed by atoms with Crippen LogP contribution >= 0.6 is 0 Å². The highest BCUT2D eigenvalue weighted by molar-refractivity contribution is 5.94. The summed E-state index contributed by atoms with van der Waals surface area (Å²) in [5.74, 6) is 1.56. The fourth-order valence-corrected chi connectivity index (χ4v) is 3.16. The van der Waals surface area contributed by atoms with Gasteiger partial charge in [0.15, 0.2) is 5.82 Å². The van der Waals surface area contributed by atoms with Crippen LogP contribution in [0.1, 0.15) is 47.7 Å². The number of H-pyrrole nitrogens is 2. The SMILES string of the molecule is O=C(NC1CCN(c2cc(C3CC3)[nH]n2)CC1)c1ccc(=O)[nH]c1. The molecule has 4 rings (SSSR count). The van der Waals surface area contributed by atoms with Gasteiger partial charge >= 0.3 is 0 Å². The Morgan fingerprint density at radius 2 is 2.00 bits per heavy atom. The van der Waals surface area contributed by atoms with Crippen LogP contribution in [0.25, 0.3) is 0 Å². The average Bonchev–Trinajstić information content (AvgIpc) is 3.33. The van der Waals surface area contributed by atoms with Gasteiger partial charge in [0.05, 0.1) is 5.56 Å². The Kier molecular flexibility index (Phi) is 3.84. The third-order valence-corrected chi connectivity index (χ3v) is 4.80. The van der Waals surface area contributed by atoms with Crippen LogP contribution in [0.4, 0.5) is 5.82 Å². The van der Waals surface area contributed by atoms with E-state index in [2.05, 4.69) is 31.5 Å². The lowest BCUT2D eigenvalue weighted by atomic mass is 10.0. The Hall–Kier alpha value is -2.57. The van der Waals surface area contributed by atoms with Crippen LogP contribution in [0, 0.1) is 0 Å². The number of hydrogen-bond donors (Lipinski definition) is 3. The second-order valence-electron chi connectivity index (χ2n) is 6.63. The Morgan fingerprint density at radius 3 is 2.67 bits per heavy atom. The summed E-state index contributed by atoms with van der Waals surface area (Å²) in [4.78, 5) is 28.0. The second-order valence-corrected chi connectivity index (χ2v) is 6.63. The molecule has 2 aliphatic rings. The maximum Gasteiger partial charge on any atom is 0.252 e. The molecular formula is C17H21N5O2. The Bertz CT molecular complexity index is 764. The van der Waals surface area contributed by atoms with Crippen molar-refractivity contribution in [3.63, 3.8) is 0 Å². The van der Waals surface area contributed by atoms with Crippen LogP contribution in [-0.2, 0) is 0 Å².